The van der Waals surface area contributed by atoms with Gasteiger partial charge in [-0.25, -0.2) is 19.1 Å². The van der Waals surface area contributed by atoms with Crippen LogP contribution in [0, 0.1) is 0 Å². The lowest BCUT2D eigenvalue weighted by Crippen LogP contribution is -2.37. The number of rotatable bonds is 13. The molecule has 3 aromatic rings. The molecule has 9 nitrogen and oxygen atoms in total. The molecule has 0 saturated heterocycles. The Morgan fingerprint density at radius 1 is 1.21 bits per heavy atom. The number of hydrogen-bond acceptors (Lipinski definition) is 7. The number of ether oxygens (including phenoxy) is 1. The van der Waals surface area contributed by atoms with Gasteiger partial charge in [0.25, 0.3) is 5.82 Å². The molecule has 0 amide bonds. The van der Waals surface area contributed by atoms with E-state index in [1.807, 2.05) is 18.2 Å². The summed E-state index contributed by atoms with van der Waals surface area (Å²) in [6, 6.07) is 5.81. The first kappa shape index (κ1) is 25.6. The summed E-state index contributed by atoms with van der Waals surface area (Å²) in [4.78, 5) is 32.8. The van der Waals surface area contributed by atoms with E-state index in [4.69, 9.17) is 27.8 Å². The first-order valence-corrected chi connectivity index (χ1v) is 12.0. The van der Waals surface area contributed by atoms with E-state index in [9.17, 15) is 9.59 Å². The zero-order valence-corrected chi connectivity index (χ0v) is 20.5. The number of benzene rings is 1. The number of nitrogens with zero attached hydrogens (tertiary/aromatic N) is 4. The lowest BCUT2D eigenvalue weighted by Gasteiger charge is -2.05. The minimum absolute atomic E-state index is 0.0418. The lowest BCUT2D eigenvalue weighted by molar-refractivity contribution is -0.676. The van der Waals surface area contributed by atoms with Gasteiger partial charge in [-0.3, -0.25) is 9.59 Å². The molecule has 0 radical (unpaired) electrons. The molecule has 0 atom stereocenters. The van der Waals surface area contributed by atoms with Crippen LogP contribution in [0.4, 0.5) is 5.82 Å². The first-order chi connectivity index (χ1) is 16.4. The zero-order chi connectivity index (χ0) is 24.7. The fourth-order valence-corrected chi connectivity index (χ4v) is 4.20. The number of ketones is 2. The van der Waals surface area contributed by atoms with E-state index < -0.39 is 0 Å². The Kier molecular flexibility index (Phi) is 8.95. The molecule has 10 heteroatoms. The molecule has 2 heterocycles. The average Bonchev–Trinajstić information content (AvgIpc) is 3.14. The number of aromatic nitrogens is 4. The molecule has 2 aromatic heterocycles. The molecule has 0 unspecified atom stereocenters. The van der Waals surface area contributed by atoms with Crippen molar-refractivity contribution in [1.82, 2.24) is 14.5 Å². The summed E-state index contributed by atoms with van der Waals surface area (Å²) in [6.45, 7) is 6.21. The van der Waals surface area contributed by atoms with Crippen molar-refractivity contribution >= 4 is 40.0 Å². The van der Waals surface area contributed by atoms with Crippen molar-refractivity contribution in [3.05, 3.63) is 41.1 Å². The molecule has 1 aromatic carbocycles. The third kappa shape index (κ3) is 5.90. The molecule has 182 valence electrons. The van der Waals surface area contributed by atoms with Gasteiger partial charge in [0.2, 0.25) is 0 Å². The molecule has 0 fully saturated rings. The van der Waals surface area contributed by atoms with Crippen LogP contribution >= 0.6 is 11.6 Å². The van der Waals surface area contributed by atoms with Crippen molar-refractivity contribution in [3.8, 4) is 5.75 Å². The number of hydrogen-bond donors (Lipinski definition) is 2. The van der Waals surface area contributed by atoms with E-state index in [1.54, 1.807) is 0 Å². The van der Waals surface area contributed by atoms with Crippen LogP contribution in [-0.2, 0) is 24.3 Å². The van der Waals surface area contributed by atoms with Crippen LogP contribution in [-0.4, -0.2) is 39.3 Å². The summed E-state index contributed by atoms with van der Waals surface area (Å²) >= 11 is 5.89. The van der Waals surface area contributed by atoms with Crippen LogP contribution < -0.4 is 20.8 Å². The van der Waals surface area contributed by atoms with E-state index in [0.717, 1.165) is 36.2 Å². The standard InChI is InChI=1S/C24H31ClN6O3/c1-3-30-18-9-8-17(34-15-16(32)7-5-6-12-26)13-19(18)31(4-2)22(30)11-10-20(33)23-24(27)28-14-21(25)29-23/h8-9,13-14H,3-7,10-12,15,26H2,1-2H3,(H-,27,28,33)/p+1. The highest BCUT2D eigenvalue weighted by atomic mass is 35.5. The summed E-state index contributed by atoms with van der Waals surface area (Å²) in [6.07, 6.45) is 4.12. The fourth-order valence-electron chi connectivity index (χ4n) is 4.07. The number of imidazole rings is 1. The molecule has 0 aliphatic heterocycles. The number of carbonyl (C=O) groups is 2. The van der Waals surface area contributed by atoms with Gasteiger partial charge < -0.3 is 16.2 Å². The molecule has 0 spiro atoms. The number of carbonyl (C=O) groups excluding carboxylic acids is 2. The Morgan fingerprint density at radius 2 is 2.00 bits per heavy atom. The monoisotopic (exact) mass is 487 g/mol. The quantitative estimate of drug-likeness (QED) is 0.215. The number of nitrogen functional groups attached to an aromatic ring is 1. The highest BCUT2D eigenvalue weighted by molar-refractivity contribution is 6.29. The number of nitrogens with two attached hydrogens (primary N) is 2. The van der Waals surface area contributed by atoms with Crippen molar-refractivity contribution in [2.75, 3.05) is 18.9 Å². The van der Waals surface area contributed by atoms with Crippen molar-refractivity contribution in [2.45, 2.75) is 59.0 Å². The van der Waals surface area contributed by atoms with Crippen molar-refractivity contribution in [3.63, 3.8) is 0 Å². The third-order valence-corrected chi connectivity index (χ3v) is 5.89. The van der Waals surface area contributed by atoms with Gasteiger partial charge in [-0.05, 0) is 45.4 Å². The molecule has 0 aliphatic carbocycles. The summed E-state index contributed by atoms with van der Waals surface area (Å²) < 4.78 is 10.1. The Balaban J connectivity index is 1.80. The van der Waals surface area contributed by atoms with E-state index in [2.05, 4.69) is 32.9 Å². The Bertz CT molecular complexity index is 1180. The van der Waals surface area contributed by atoms with Gasteiger partial charge in [0.1, 0.15) is 23.2 Å². The van der Waals surface area contributed by atoms with Gasteiger partial charge in [0.05, 0.1) is 25.7 Å². The lowest BCUT2D eigenvalue weighted by atomic mass is 10.1. The maximum absolute atomic E-state index is 12.8. The summed E-state index contributed by atoms with van der Waals surface area (Å²) in [7, 11) is 0. The van der Waals surface area contributed by atoms with E-state index >= 15 is 0 Å². The zero-order valence-electron chi connectivity index (χ0n) is 19.7. The van der Waals surface area contributed by atoms with Gasteiger partial charge in [-0.15, -0.1) is 0 Å². The number of aryl methyl sites for hydroxylation is 2. The van der Waals surface area contributed by atoms with Crippen LogP contribution in [0.2, 0.25) is 5.15 Å². The molecular formula is C24H32ClN6O3+. The van der Waals surface area contributed by atoms with Gasteiger partial charge in [0, 0.05) is 18.9 Å². The molecule has 4 N–H and O–H groups in total. The highest BCUT2D eigenvalue weighted by Gasteiger charge is 2.25. The van der Waals surface area contributed by atoms with Crippen LogP contribution in [0.25, 0.3) is 11.0 Å². The van der Waals surface area contributed by atoms with Crippen molar-refractivity contribution in [2.24, 2.45) is 5.73 Å². The topological polar surface area (TPSA) is 130 Å². The van der Waals surface area contributed by atoms with Crippen LogP contribution in [0.3, 0.4) is 0 Å². The minimum Gasteiger partial charge on any atom is -0.486 e. The largest absolute Gasteiger partial charge is 0.486 e. The van der Waals surface area contributed by atoms with Gasteiger partial charge >= 0.3 is 0 Å². The second kappa shape index (κ2) is 11.9. The van der Waals surface area contributed by atoms with Gasteiger partial charge in [-0.2, -0.15) is 0 Å². The van der Waals surface area contributed by atoms with Crippen LogP contribution in [0.5, 0.6) is 5.75 Å². The smallest absolute Gasteiger partial charge is 0.257 e. The highest BCUT2D eigenvalue weighted by Crippen LogP contribution is 2.23. The van der Waals surface area contributed by atoms with Crippen molar-refractivity contribution < 1.29 is 18.9 Å². The molecule has 0 bridgehead atoms. The molecule has 34 heavy (non-hydrogen) atoms. The summed E-state index contributed by atoms with van der Waals surface area (Å²) in [5, 5.41) is 0.134. The van der Waals surface area contributed by atoms with Gasteiger partial charge in [0.15, 0.2) is 28.4 Å². The summed E-state index contributed by atoms with van der Waals surface area (Å²) in [5.74, 6) is 1.58. The normalized spacial score (nSPS) is 11.2. The fraction of sp³-hybridized carbons (Fsp3) is 0.458. The number of unbranched alkanes of at least 4 members (excludes halogenated alkanes) is 1. The molecular weight excluding hydrogens is 456 g/mol. The second-order valence-electron chi connectivity index (χ2n) is 7.98. The summed E-state index contributed by atoms with van der Waals surface area (Å²) in [5.41, 5.74) is 13.4. The first-order valence-electron chi connectivity index (χ1n) is 11.6. The number of fused-ring (bicyclic) bond motifs is 1. The van der Waals surface area contributed by atoms with E-state index in [-0.39, 0.29) is 41.3 Å². The van der Waals surface area contributed by atoms with E-state index in [0.29, 0.717) is 31.7 Å². The van der Waals surface area contributed by atoms with Crippen molar-refractivity contribution in [1.29, 1.82) is 0 Å². The van der Waals surface area contributed by atoms with Gasteiger partial charge in [-0.1, -0.05) is 11.6 Å². The Labute approximate surface area is 204 Å². The van der Waals surface area contributed by atoms with Crippen LogP contribution in [0.15, 0.2) is 24.4 Å². The average molecular weight is 488 g/mol. The predicted molar refractivity (Wildman–Crippen MR) is 131 cm³/mol. The third-order valence-electron chi connectivity index (χ3n) is 5.70. The minimum atomic E-state index is -0.208. The second-order valence-corrected chi connectivity index (χ2v) is 8.37. The van der Waals surface area contributed by atoms with E-state index in [1.165, 1.54) is 6.20 Å². The molecule has 0 saturated carbocycles. The maximum Gasteiger partial charge on any atom is 0.257 e. The van der Waals surface area contributed by atoms with Crippen LogP contribution in [0.1, 0.15) is 55.8 Å². The molecule has 0 aliphatic rings. The maximum atomic E-state index is 12.8. The number of Topliss-reactive ketones (excluding diaryl/α,β-unsaturated/α-hetero) is 2. The SMILES string of the molecule is CCn1c(CCC(=O)c2nc(Cl)cnc2N)[n+](CC)c2ccc(OCC(=O)CCCCN)cc21. The molecule has 3 rings (SSSR count). The number of anilines is 1. The predicted octanol–water partition coefficient (Wildman–Crippen LogP) is 2.89. The Hall–Kier alpha value is -3.04. The Morgan fingerprint density at radius 3 is 2.71 bits per heavy atom. The number of halogens is 1.